The van der Waals surface area contributed by atoms with Crippen LogP contribution in [0.2, 0.25) is 0 Å². The summed E-state index contributed by atoms with van der Waals surface area (Å²) in [5.74, 6) is -0.254. The highest BCUT2D eigenvalue weighted by Gasteiger charge is 2.54. The van der Waals surface area contributed by atoms with Crippen molar-refractivity contribution in [3.8, 4) is 0 Å². The van der Waals surface area contributed by atoms with Crippen LogP contribution in [0.4, 0.5) is 0 Å². The highest BCUT2D eigenvalue weighted by molar-refractivity contribution is 6.17. The molecule has 4 unspecified atom stereocenters. The molecule has 0 radical (unpaired) electrons. The maximum absolute atomic E-state index is 11.7. The van der Waals surface area contributed by atoms with E-state index >= 15 is 0 Å². The number of aliphatic hydroxyl groups excluding tert-OH is 1. The van der Waals surface area contributed by atoms with Crippen molar-refractivity contribution < 1.29 is 14.6 Å². The van der Waals surface area contributed by atoms with E-state index in [0.717, 1.165) is 16.7 Å². The molecule has 0 amide bonds. The van der Waals surface area contributed by atoms with Crippen molar-refractivity contribution in [2.45, 2.75) is 69.5 Å². The zero-order valence-corrected chi connectivity index (χ0v) is 15.8. The Kier molecular flexibility index (Phi) is 4.05. The number of benzene rings is 1. The van der Waals surface area contributed by atoms with Crippen molar-refractivity contribution in [2.24, 2.45) is 0 Å². The van der Waals surface area contributed by atoms with E-state index in [9.17, 15) is 9.90 Å². The van der Waals surface area contributed by atoms with Gasteiger partial charge in [-0.15, -0.1) is 11.6 Å². The van der Waals surface area contributed by atoms with E-state index in [-0.39, 0.29) is 5.97 Å². The van der Waals surface area contributed by atoms with Crippen molar-refractivity contribution in [1.29, 1.82) is 0 Å². The number of ether oxygens (including phenoxy) is 1. The maximum atomic E-state index is 11.7. The largest absolute Gasteiger partial charge is 0.457 e. The number of hydrogen-bond donors (Lipinski definition) is 1. The summed E-state index contributed by atoms with van der Waals surface area (Å²) < 4.78 is 5.14. The summed E-state index contributed by atoms with van der Waals surface area (Å²) in [5, 5.41) is 11.0. The number of carbonyl (C=O) groups is 1. The van der Waals surface area contributed by atoms with Gasteiger partial charge in [-0.3, -0.25) is 9.80 Å². The number of rotatable bonds is 4. The van der Waals surface area contributed by atoms with Crippen molar-refractivity contribution >= 4 is 17.6 Å². The van der Waals surface area contributed by atoms with Crippen molar-refractivity contribution in [3.05, 3.63) is 34.4 Å². The standard InChI is InChI=1S/C20H25ClN2O3/c1-11-12(2-3-13-14(11)9-26-20(13)25)19(24)8-22-15-4-5-16(22)18-7-6-17(15)23(18)10-21/h2-3,15-19,24H,4-10H2,1H3/t15?,16?,17?,18?,19-/m0/s1. The lowest BCUT2D eigenvalue weighted by Crippen LogP contribution is -2.60. The SMILES string of the molecule is Cc1c([C@@H](O)CN2C3CCC2C2CCC3N2CCl)ccc2c1COC2=O. The van der Waals surface area contributed by atoms with Crippen molar-refractivity contribution in [3.63, 3.8) is 0 Å². The summed E-state index contributed by atoms with van der Waals surface area (Å²) in [4.78, 5) is 16.8. The molecule has 5 nitrogen and oxygen atoms in total. The van der Waals surface area contributed by atoms with Gasteiger partial charge >= 0.3 is 5.97 Å². The van der Waals surface area contributed by atoms with Crippen LogP contribution in [0.1, 0.15) is 58.8 Å². The van der Waals surface area contributed by atoms with Crippen LogP contribution in [-0.4, -0.2) is 57.6 Å². The van der Waals surface area contributed by atoms with E-state index in [1.54, 1.807) is 6.07 Å². The Hall–Kier alpha value is -1.14. The highest BCUT2D eigenvalue weighted by atomic mass is 35.5. The van der Waals surface area contributed by atoms with Crippen LogP contribution in [-0.2, 0) is 11.3 Å². The second-order valence-electron chi connectivity index (χ2n) is 8.15. The van der Waals surface area contributed by atoms with Crippen LogP contribution >= 0.6 is 11.6 Å². The fourth-order valence-electron chi connectivity index (χ4n) is 5.97. The van der Waals surface area contributed by atoms with Gasteiger partial charge < -0.3 is 9.84 Å². The number of fused-ring (bicyclic) bond motifs is 7. The first kappa shape index (κ1) is 17.0. The minimum atomic E-state index is -0.541. The first-order valence-electron chi connectivity index (χ1n) is 9.65. The van der Waals surface area contributed by atoms with Gasteiger partial charge in [-0.1, -0.05) is 6.07 Å². The van der Waals surface area contributed by atoms with Gasteiger partial charge in [0.25, 0.3) is 0 Å². The van der Waals surface area contributed by atoms with E-state index in [1.165, 1.54) is 25.7 Å². The molecule has 3 fully saturated rings. The van der Waals surface area contributed by atoms with Crippen LogP contribution in [0.5, 0.6) is 0 Å². The topological polar surface area (TPSA) is 53.0 Å². The number of aliphatic hydroxyl groups is 1. The molecule has 4 bridgehead atoms. The summed E-state index contributed by atoms with van der Waals surface area (Å²) in [5.41, 5.74) is 3.50. The van der Waals surface area contributed by atoms with Crippen molar-refractivity contribution in [1.82, 2.24) is 9.80 Å². The fraction of sp³-hybridized carbons (Fsp3) is 0.650. The fourth-order valence-corrected chi connectivity index (χ4v) is 6.32. The molecule has 4 aliphatic heterocycles. The summed E-state index contributed by atoms with van der Waals surface area (Å²) in [6.45, 7) is 2.97. The van der Waals surface area contributed by atoms with Gasteiger partial charge in [0.15, 0.2) is 0 Å². The summed E-state index contributed by atoms with van der Waals surface area (Å²) >= 11 is 6.22. The molecule has 3 saturated heterocycles. The van der Waals surface area contributed by atoms with Crippen LogP contribution in [0.3, 0.4) is 0 Å². The summed E-state index contributed by atoms with van der Waals surface area (Å²) in [7, 11) is 0. The highest BCUT2D eigenvalue weighted by Crippen LogP contribution is 2.46. The summed E-state index contributed by atoms with van der Waals surface area (Å²) in [6.07, 6.45) is 4.32. The monoisotopic (exact) mass is 376 g/mol. The number of halogens is 1. The molecule has 1 aromatic rings. The van der Waals surface area contributed by atoms with Gasteiger partial charge in [0.2, 0.25) is 0 Å². The number of hydrogen-bond acceptors (Lipinski definition) is 5. The Morgan fingerprint density at radius 1 is 1.15 bits per heavy atom. The molecule has 0 aromatic heterocycles. The molecule has 4 aliphatic rings. The number of carbonyl (C=O) groups excluding carboxylic acids is 1. The van der Waals surface area contributed by atoms with E-state index in [2.05, 4.69) is 9.80 Å². The third kappa shape index (κ3) is 2.30. The molecular weight excluding hydrogens is 352 g/mol. The van der Waals surface area contributed by atoms with Gasteiger partial charge in [0, 0.05) is 36.3 Å². The first-order valence-corrected chi connectivity index (χ1v) is 10.2. The number of esters is 1. The number of piperazine rings is 1. The molecule has 1 N–H and O–H groups in total. The lowest BCUT2D eigenvalue weighted by atomic mass is 9.94. The number of alkyl halides is 1. The van der Waals surface area contributed by atoms with Gasteiger partial charge in [0.05, 0.1) is 17.7 Å². The lowest BCUT2D eigenvalue weighted by Gasteiger charge is -2.46. The van der Waals surface area contributed by atoms with Crippen LogP contribution < -0.4 is 0 Å². The van der Waals surface area contributed by atoms with E-state index in [1.807, 2.05) is 13.0 Å². The Morgan fingerprint density at radius 2 is 1.77 bits per heavy atom. The average Bonchev–Trinajstić information content (AvgIpc) is 3.25. The second kappa shape index (κ2) is 6.20. The molecule has 6 heteroatoms. The normalized spacial score (nSPS) is 34.2. The van der Waals surface area contributed by atoms with Gasteiger partial charge in [-0.2, -0.15) is 0 Å². The lowest BCUT2D eigenvalue weighted by molar-refractivity contribution is -0.00841. The Morgan fingerprint density at radius 3 is 2.38 bits per heavy atom. The zero-order chi connectivity index (χ0) is 18.0. The Balaban J connectivity index is 1.39. The summed E-state index contributed by atoms with van der Waals surface area (Å²) in [6, 6.07) is 6.41. The number of nitrogens with zero attached hydrogens (tertiary/aromatic N) is 2. The smallest absolute Gasteiger partial charge is 0.338 e. The molecule has 0 saturated carbocycles. The predicted octanol–water partition coefficient (Wildman–Crippen LogP) is 2.57. The van der Waals surface area contributed by atoms with Crippen LogP contribution in [0, 0.1) is 6.92 Å². The minimum Gasteiger partial charge on any atom is -0.457 e. The Bertz CT molecular complexity index is 735. The second-order valence-corrected chi connectivity index (χ2v) is 8.39. The van der Waals surface area contributed by atoms with E-state index in [4.69, 9.17) is 16.3 Å². The molecule has 26 heavy (non-hydrogen) atoms. The third-order valence-corrected chi connectivity index (χ3v) is 7.47. The molecule has 1 aromatic carbocycles. The quantitative estimate of drug-likeness (QED) is 0.497. The Labute approximate surface area is 158 Å². The van der Waals surface area contributed by atoms with E-state index in [0.29, 0.717) is 48.9 Å². The predicted molar refractivity (Wildman–Crippen MR) is 98.1 cm³/mol. The van der Waals surface area contributed by atoms with Gasteiger partial charge in [0.1, 0.15) is 6.61 Å². The minimum absolute atomic E-state index is 0.254. The third-order valence-electron chi connectivity index (χ3n) is 7.20. The maximum Gasteiger partial charge on any atom is 0.338 e. The van der Waals surface area contributed by atoms with Crippen molar-refractivity contribution in [2.75, 3.05) is 12.5 Å². The molecule has 140 valence electrons. The average molecular weight is 377 g/mol. The molecule has 5 rings (SSSR count). The first-order chi connectivity index (χ1) is 12.6. The molecule has 4 heterocycles. The molecule has 0 aliphatic carbocycles. The van der Waals surface area contributed by atoms with Crippen LogP contribution in [0.15, 0.2) is 12.1 Å². The zero-order valence-electron chi connectivity index (χ0n) is 15.0. The molecule has 0 spiro atoms. The van der Waals surface area contributed by atoms with Gasteiger partial charge in [-0.25, -0.2) is 4.79 Å². The molecule has 5 atom stereocenters. The van der Waals surface area contributed by atoms with Crippen LogP contribution in [0.25, 0.3) is 0 Å². The van der Waals surface area contributed by atoms with E-state index < -0.39 is 6.10 Å². The number of cyclic esters (lactones) is 1. The molecular formula is C20H25ClN2O3. The van der Waals surface area contributed by atoms with Gasteiger partial charge in [-0.05, 0) is 49.8 Å².